The third-order valence-corrected chi connectivity index (χ3v) is 5.31. The van der Waals surface area contributed by atoms with Gasteiger partial charge in [0.15, 0.2) is 0 Å². The zero-order valence-electron chi connectivity index (χ0n) is 18.8. The van der Waals surface area contributed by atoms with Gasteiger partial charge < -0.3 is 25.4 Å². The predicted octanol–water partition coefficient (Wildman–Crippen LogP) is 4.35. The number of hydrogen-bond acceptors (Lipinski definition) is 6. The Morgan fingerprint density at radius 2 is 1.74 bits per heavy atom. The van der Waals surface area contributed by atoms with Gasteiger partial charge in [0.1, 0.15) is 22.8 Å². The molecule has 1 atom stereocenters. The molecule has 1 saturated heterocycles. The number of aromatic nitrogens is 1. The first-order chi connectivity index (χ1) is 16.5. The van der Waals surface area contributed by atoms with Crippen molar-refractivity contribution >= 4 is 17.5 Å². The normalized spacial score (nSPS) is 15.3. The maximum Gasteiger partial charge on any atom is 0.254 e. The Balaban J connectivity index is 1.42. The third kappa shape index (κ3) is 5.72. The molecule has 1 fully saturated rings. The molecular weight excluding hydrogens is 432 g/mol. The zero-order chi connectivity index (χ0) is 23.9. The number of para-hydroxylation sites is 1. The lowest BCUT2D eigenvalue weighted by Crippen LogP contribution is -2.30. The maximum atomic E-state index is 12.1. The molecule has 0 aliphatic carbocycles. The minimum absolute atomic E-state index is 0.00770. The lowest BCUT2D eigenvalue weighted by atomic mass is 10.2. The summed E-state index contributed by atoms with van der Waals surface area (Å²) >= 11 is 0. The number of likely N-dealkylation sites (tertiary alicyclic amines) is 1. The number of allylic oxidation sites excluding steroid dienone is 1. The monoisotopic (exact) mass is 458 g/mol. The number of ether oxygens (including phenoxy) is 2. The van der Waals surface area contributed by atoms with E-state index in [1.807, 2.05) is 37.3 Å². The van der Waals surface area contributed by atoms with E-state index in [2.05, 4.69) is 10.3 Å². The van der Waals surface area contributed by atoms with Crippen molar-refractivity contribution in [2.75, 3.05) is 18.4 Å². The van der Waals surface area contributed by atoms with Crippen LogP contribution in [0.15, 0.2) is 79.0 Å². The SMILES string of the molecule is CC=CC(=O)N1CCC(Nc2cnc(Oc3ccc(Oc4ccccc4)cc3)c(C(N)=O)c2)C1. The van der Waals surface area contributed by atoms with Crippen LogP contribution in [0, 0.1) is 0 Å². The summed E-state index contributed by atoms with van der Waals surface area (Å²) in [5.74, 6) is 1.34. The Labute approximate surface area is 198 Å². The average Bonchev–Trinajstić information content (AvgIpc) is 3.31. The van der Waals surface area contributed by atoms with Crippen LogP contribution in [0.5, 0.6) is 23.1 Å². The van der Waals surface area contributed by atoms with E-state index in [1.54, 1.807) is 53.6 Å². The van der Waals surface area contributed by atoms with Crippen molar-refractivity contribution in [3.05, 3.63) is 84.6 Å². The van der Waals surface area contributed by atoms with Crippen molar-refractivity contribution in [1.82, 2.24) is 9.88 Å². The number of anilines is 1. The summed E-state index contributed by atoms with van der Waals surface area (Å²) in [6.07, 6.45) is 5.67. The molecule has 1 aliphatic rings. The third-order valence-electron chi connectivity index (χ3n) is 5.31. The number of nitrogens with zero attached hydrogens (tertiary/aromatic N) is 2. The molecule has 4 rings (SSSR count). The summed E-state index contributed by atoms with van der Waals surface area (Å²) in [5.41, 5.74) is 6.38. The molecule has 2 heterocycles. The van der Waals surface area contributed by atoms with Crippen LogP contribution in [0.2, 0.25) is 0 Å². The van der Waals surface area contributed by atoms with Crippen molar-refractivity contribution in [3.8, 4) is 23.1 Å². The van der Waals surface area contributed by atoms with Gasteiger partial charge in [-0.3, -0.25) is 9.59 Å². The van der Waals surface area contributed by atoms with Crippen LogP contribution in [-0.2, 0) is 4.79 Å². The highest BCUT2D eigenvalue weighted by Crippen LogP contribution is 2.29. The summed E-state index contributed by atoms with van der Waals surface area (Å²) in [6, 6.07) is 18.1. The molecule has 1 aliphatic heterocycles. The molecule has 0 spiro atoms. The molecule has 1 aromatic heterocycles. The van der Waals surface area contributed by atoms with Gasteiger partial charge in [-0.05, 0) is 61.9 Å². The van der Waals surface area contributed by atoms with E-state index < -0.39 is 5.91 Å². The van der Waals surface area contributed by atoms with Gasteiger partial charge in [-0.15, -0.1) is 0 Å². The van der Waals surface area contributed by atoms with Gasteiger partial charge in [0, 0.05) is 19.1 Å². The molecule has 3 aromatic rings. The molecule has 34 heavy (non-hydrogen) atoms. The molecule has 0 radical (unpaired) electrons. The number of nitrogens with one attached hydrogen (secondary N) is 1. The highest BCUT2D eigenvalue weighted by atomic mass is 16.5. The molecular formula is C26H26N4O4. The Bertz CT molecular complexity index is 1180. The zero-order valence-corrected chi connectivity index (χ0v) is 18.8. The molecule has 8 heteroatoms. The highest BCUT2D eigenvalue weighted by molar-refractivity contribution is 5.96. The molecule has 2 amide bonds. The molecule has 2 aromatic carbocycles. The Hall–Kier alpha value is -4.33. The van der Waals surface area contributed by atoms with Crippen LogP contribution < -0.4 is 20.5 Å². The number of pyridine rings is 1. The first kappa shape index (κ1) is 22.8. The van der Waals surface area contributed by atoms with Crippen LogP contribution in [0.3, 0.4) is 0 Å². The van der Waals surface area contributed by atoms with Crippen LogP contribution in [-0.4, -0.2) is 40.8 Å². The molecule has 174 valence electrons. The lowest BCUT2D eigenvalue weighted by molar-refractivity contribution is -0.125. The molecule has 3 N–H and O–H groups in total. The summed E-state index contributed by atoms with van der Waals surface area (Å²) in [6.45, 7) is 3.06. The molecule has 1 unspecified atom stereocenters. The van der Waals surface area contributed by atoms with Crippen LogP contribution in [0.4, 0.5) is 5.69 Å². The number of benzene rings is 2. The fourth-order valence-corrected chi connectivity index (χ4v) is 3.66. The van der Waals surface area contributed by atoms with Crippen molar-refractivity contribution in [2.24, 2.45) is 5.73 Å². The summed E-state index contributed by atoms with van der Waals surface area (Å²) in [7, 11) is 0. The van der Waals surface area contributed by atoms with Crippen LogP contribution in [0.1, 0.15) is 23.7 Å². The largest absolute Gasteiger partial charge is 0.457 e. The van der Waals surface area contributed by atoms with Crippen molar-refractivity contribution in [1.29, 1.82) is 0 Å². The standard InChI is InChI=1S/C26H26N4O4/c1-2-6-24(31)30-14-13-18(17-30)29-19-15-23(25(27)32)26(28-16-19)34-22-11-9-21(10-12-22)33-20-7-4-3-5-8-20/h2-12,15-16,18,29H,13-14,17H2,1H3,(H2,27,32). The van der Waals surface area contributed by atoms with E-state index in [4.69, 9.17) is 15.2 Å². The Morgan fingerprint density at radius 1 is 1.06 bits per heavy atom. The van der Waals surface area contributed by atoms with Crippen molar-refractivity contribution in [2.45, 2.75) is 19.4 Å². The van der Waals surface area contributed by atoms with E-state index in [1.165, 1.54) is 0 Å². The average molecular weight is 459 g/mol. The number of nitrogens with two attached hydrogens (primary N) is 1. The van der Waals surface area contributed by atoms with Gasteiger partial charge in [-0.25, -0.2) is 4.98 Å². The van der Waals surface area contributed by atoms with Gasteiger partial charge in [-0.2, -0.15) is 0 Å². The maximum absolute atomic E-state index is 12.1. The minimum Gasteiger partial charge on any atom is -0.457 e. The van der Waals surface area contributed by atoms with Gasteiger partial charge in [-0.1, -0.05) is 24.3 Å². The second kappa shape index (κ2) is 10.5. The summed E-state index contributed by atoms with van der Waals surface area (Å²) in [4.78, 5) is 30.2. The highest BCUT2D eigenvalue weighted by Gasteiger charge is 2.25. The lowest BCUT2D eigenvalue weighted by Gasteiger charge is -2.17. The van der Waals surface area contributed by atoms with E-state index >= 15 is 0 Å². The molecule has 0 saturated carbocycles. The Kier molecular flexibility index (Phi) is 7.07. The first-order valence-electron chi connectivity index (χ1n) is 11.0. The number of carbonyl (C=O) groups is 2. The minimum atomic E-state index is -0.647. The smallest absolute Gasteiger partial charge is 0.254 e. The Morgan fingerprint density at radius 3 is 2.41 bits per heavy atom. The predicted molar refractivity (Wildman–Crippen MR) is 129 cm³/mol. The second-order valence-corrected chi connectivity index (χ2v) is 7.84. The van der Waals surface area contributed by atoms with Crippen molar-refractivity contribution < 1.29 is 19.1 Å². The fraction of sp³-hybridized carbons (Fsp3) is 0.192. The van der Waals surface area contributed by atoms with Gasteiger partial charge in [0.25, 0.3) is 5.91 Å². The quantitative estimate of drug-likeness (QED) is 0.486. The van der Waals surface area contributed by atoms with E-state index in [0.29, 0.717) is 30.3 Å². The van der Waals surface area contributed by atoms with Gasteiger partial charge in [0.2, 0.25) is 11.8 Å². The van der Waals surface area contributed by atoms with Crippen LogP contribution >= 0.6 is 0 Å². The number of hydrogen-bond donors (Lipinski definition) is 2. The van der Waals surface area contributed by atoms with E-state index in [0.717, 1.165) is 12.2 Å². The number of amides is 2. The molecule has 8 nitrogen and oxygen atoms in total. The summed E-state index contributed by atoms with van der Waals surface area (Å²) < 4.78 is 11.6. The summed E-state index contributed by atoms with van der Waals surface area (Å²) in [5, 5.41) is 3.32. The fourth-order valence-electron chi connectivity index (χ4n) is 3.66. The topological polar surface area (TPSA) is 107 Å². The first-order valence-corrected chi connectivity index (χ1v) is 11.0. The van der Waals surface area contributed by atoms with E-state index in [-0.39, 0.29) is 23.4 Å². The number of primary amides is 1. The van der Waals surface area contributed by atoms with E-state index in [9.17, 15) is 9.59 Å². The van der Waals surface area contributed by atoms with Gasteiger partial charge >= 0.3 is 0 Å². The number of rotatable bonds is 8. The van der Waals surface area contributed by atoms with Crippen LogP contribution in [0.25, 0.3) is 0 Å². The number of carbonyl (C=O) groups excluding carboxylic acids is 2. The van der Waals surface area contributed by atoms with Gasteiger partial charge in [0.05, 0.1) is 11.9 Å². The van der Waals surface area contributed by atoms with Crippen molar-refractivity contribution in [3.63, 3.8) is 0 Å². The second-order valence-electron chi connectivity index (χ2n) is 7.84. The molecule has 0 bridgehead atoms.